The number of aliphatic carboxylic acids is 1. The van der Waals surface area contributed by atoms with E-state index in [-0.39, 0.29) is 11.9 Å². The van der Waals surface area contributed by atoms with Crippen LogP contribution < -0.4 is 10.2 Å². The molecule has 3 saturated heterocycles. The summed E-state index contributed by atoms with van der Waals surface area (Å²) in [4.78, 5) is 16.6. The van der Waals surface area contributed by atoms with Crippen LogP contribution in [0.3, 0.4) is 0 Å². The lowest BCUT2D eigenvalue weighted by molar-refractivity contribution is -0.158. The topological polar surface area (TPSA) is 55.8 Å². The quantitative estimate of drug-likeness (QED) is 0.865. The molecular formula is C20H28FN3O2. The van der Waals surface area contributed by atoms with Gasteiger partial charge in [0.2, 0.25) is 0 Å². The maximum atomic E-state index is 14.0. The molecule has 0 saturated carbocycles. The normalized spacial score (nSPS) is 30.8. The van der Waals surface area contributed by atoms with Crippen LogP contribution in [-0.2, 0) is 4.79 Å². The molecule has 6 heteroatoms. The maximum absolute atomic E-state index is 14.0. The minimum absolute atomic E-state index is 0.100. The van der Waals surface area contributed by atoms with Gasteiger partial charge in [0.25, 0.3) is 0 Å². The summed E-state index contributed by atoms with van der Waals surface area (Å²) >= 11 is 0. The van der Waals surface area contributed by atoms with Gasteiger partial charge in [-0.2, -0.15) is 0 Å². The number of piperidine rings is 3. The standard InChI is InChI=1S/C20H28FN3O2/c21-16-4-1-2-5-17(16)23-11-6-15(7-12-23)24-13-8-18-20(14-24,19(25)26)9-3-10-22-18/h1-2,4-5,15,18,22H,3,6-14H2,(H,25,26)/t18-,20+/m1/s1. The number of carboxylic acids is 1. The van der Waals surface area contributed by atoms with E-state index in [0.29, 0.717) is 18.3 Å². The Morgan fingerprint density at radius 2 is 1.96 bits per heavy atom. The van der Waals surface area contributed by atoms with Crippen molar-refractivity contribution >= 4 is 11.7 Å². The van der Waals surface area contributed by atoms with Gasteiger partial charge in [-0.05, 0) is 57.3 Å². The molecule has 0 radical (unpaired) electrons. The third-order valence-corrected chi connectivity index (χ3v) is 6.65. The van der Waals surface area contributed by atoms with Crippen molar-refractivity contribution in [3.63, 3.8) is 0 Å². The van der Waals surface area contributed by atoms with Gasteiger partial charge in [0.15, 0.2) is 0 Å². The molecule has 4 rings (SSSR count). The molecule has 2 atom stereocenters. The molecule has 1 aromatic carbocycles. The number of benzene rings is 1. The Labute approximate surface area is 154 Å². The molecule has 0 aliphatic carbocycles. The van der Waals surface area contributed by atoms with Crippen molar-refractivity contribution in [2.75, 3.05) is 37.6 Å². The SMILES string of the molecule is O=C(O)[C@]12CCCN[C@@H]1CCN(C1CCN(c3ccccc3F)CC1)C2. The number of nitrogens with zero attached hydrogens (tertiary/aromatic N) is 2. The Hall–Kier alpha value is -1.66. The summed E-state index contributed by atoms with van der Waals surface area (Å²) in [5.74, 6) is -0.812. The number of nitrogens with one attached hydrogen (secondary N) is 1. The predicted molar refractivity (Wildman–Crippen MR) is 98.9 cm³/mol. The monoisotopic (exact) mass is 361 g/mol. The molecule has 0 aromatic heterocycles. The van der Waals surface area contributed by atoms with E-state index in [4.69, 9.17) is 0 Å². The summed E-state index contributed by atoms with van der Waals surface area (Å²) in [5.41, 5.74) is 0.0438. The molecule has 5 nitrogen and oxygen atoms in total. The number of hydrogen-bond donors (Lipinski definition) is 2. The molecule has 0 unspecified atom stereocenters. The maximum Gasteiger partial charge on any atom is 0.312 e. The van der Waals surface area contributed by atoms with Crippen LogP contribution in [0.2, 0.25) is 0 Å². The first-order valence-corrected chi connectivity index (χ1v) is 9.80. The zero-order valence-corrected chi connectivity index (χ0v) is 15.2. The second kappa shape index (κ2) is 7.16. The van der Waals surface area contributed by atoms with E-state index in [9.17, 15) is 14.3 Å². The lowest BCUT2D eigenvalue weighted by Gasteiger charge is -2.51. The fraction of sp³-hybridized carbons (Fsp3) is 0.650. The number of hydrogen-bond acceptors (Lipinski definition) is 4. The highest BCUT2D eigenvalue weighted by molar-refractivity contribution is 5.76. The fourth-order valence-corrected chi connectivity index (χ4v) is 5.17. The average molecular weight is 361 g/mol. The summed E-state index contributed by atoms with van der Waals surface area (Å²) in [6.07, 6.45) is 4.52. The number of halogens is 1. The summed E-state index contributed by atoms with van der Waals surface area (Å²) in [6.45, 7) is 4.18. The molecule has 3 aliphatic heterocycles. The number of carboxylic acid groups (broad SMARTS) is 1. The fourth-order valence-electron chi connectivity index (χ4n) is 5.17. The molecule has 1 aromatic rings. The molecule has 3 heterocycles. The predicted octanol–water partition coefficient (Wildman–Crippen LogP) is 2.32. The Morgan fingerprint density at radius 3 is 2.69 bits per heavy atom. The van der Waals surface area contributed by atoms with E-state index in [1.165, 1.54) is 6.07 Å². The van der Waals surface area contributed by atoms with Crippen LogP contribution in [0.25, 0.3) is 0 Å². The number of rotatable bonds is 3. The van der Waals surface area contributed by atoms with E-state index < -0.39 is 11.4 Å². The van der Waals surface area contributed by atoms with Crippen molar-refractivity contribution in [1.82, 2.24) is 10.2 Å². The first kappa shape index (κ1) is 17.7. The molecule has 0 amide bonds. The van der Waals surface area contributed by atoms with Gasteiger partial charge >= 0.3 is 5.97 Å². The zero-order chi connectivity index (χ0) is 18.1. The van der Waals surface area contributed by atoms with Crippen LogP contribution >= 0.6 is 0 Å². The van der Waals surface area contributed by atoms with E-state index in [1.807, 2.05) is 12.1 Å². The molecule has 142 valence electrons. The highest BCUT2D eigenvalue weighted by atomic mass is 19.1. The van der Waals surface area contributed by atoms with Crippen molar-refractivity contribution in [3.05, 3.63) is 30.1 Å². The Kier molecular flexibility index (Phi) is 4.88. The van der Waals surface area contributed by atoms with Crippen LogP contribution in [0.1, 0.15) is 32.1 Å². The molecule has 2 N–H and O–H groups in total. The number of likely N-dealkylation sites (tertiary alicyclic amines) is 1. The molecule has 0 bridgehead atoms. The highest BCUT2D eigenvalue weighted by Gasteiger charge is 2.51. The molecule has 26 heavy (non-hydrogen) atoms. The number of carbonyl (C=O) groups is 1. The lowest BCUT2D eigenvalue weighted by atomic mass is 9.69. The van der Waals surface area contributed by atoms with Crippen LogP contribution in [0.4, 0.5) is 10.1 Å². The second-order valence-corrected chi connectivity index (χ2v) is 8.00. The van der Waals surface area contributed by atoms with Crippen LogP contribution in [0.5, 0.6) is 0 Å². The Balaban J connectivity index is 1.42. The molecule has 0 spiro atoms. The first-order valence-electron chi connectivity index (χ1n) is 9.80. The largest absolute Gasteiger partial charge is 0.481 e. The van der Waals surface area contributed by atoms with Crippen molar-refractivity contribution < 1.29 is 14.3 Å². The minimum Gasteiger partial charge on any atom is -0.481 e. The molecule has 3 fully saturated rings. The van der Waals surface area contributed by atoms with Gasteiger partial charge in [0.05, 0.1) is 11.1 Å². The van der Waals surface area contributed by atoms with E-state index >= 15 is 0 Å². The number of para-hydroxylation sites is 1. The molecular weight excluding hydrogens is 333 g/mol. The van der Waals surface area contributed by atoms with Gasteiger partial charge in [-0.15, -0.1) is 0 Å². The van der Waals surface area contributed by atoms with Crippen molar-refractivity contribution in [2.45, 2.75) is 44.2 Å². The van der Waals surface area contributed by atoms with Gasteiger partial charge in [0, 0.05) is 31.7 Å². The zero-order valence-electron chi connectivity index (χ0n) is 15.2. The first-order chi connectivity index (χ1) is 12.6. The van der Waals surface area contributed by atoms with Gasteiger partial charge in [-0.3, -0.25) is 9.69 Å². The van der Waals surface area contributed by atoms with E-state index in [1.54, 1.807) is 6.07 Å². The minimum atomic E-state index is -0.650. The van der Waals surface area contributed by atoms with E-state index in [2.05, 4.69) is 15.1 Å². The lowest BCUT2D eigenvalue weighted by Crippen LogP contribution is -2.64. The van der Waals surface area contributed by atoms with Crippen LogP contribution in [0, 0.1) is 11.2 Å². The number of fused-ring (bicyclic) bond motifs is 1. The van der Waals surface area contributed by atoms with Gasteiger partial charge < -0.3 is 15.3 Å². The van der Waals surface area contributed by atoms with Crippen molar-refractivity contribution in [1.29, 1.82) is 0 Å². The van der Waals surface area contributed by atoms with Crippen LogP contribution in [0.15, 0.2) is 24.3 Å². The van der Waals surface area contributed by atoms with Gasteiger partial charge in [0.1, 0.15) is 5.82 Å². The summed E-state index contributed by atoms with van der Waals surface area (Å²) in [5, 5.41) is 13.4. The number of anilines is 1. The van der Waals surface area contributed by atoms with Crippen LogP contribution in [-0.4, -0.2) is 60.8 Å². The summed E-state index contributed by atoms with van der Waals surface area (Å²) in [7, 11) is 0. The Bertz CT molecular complexity index is 662. The second-order valence-electron chi connectivity index (χ2n) is 8.00. The van der Waals surface area contributed by atoms with Gasteiger partial charge in [-0.25, -0.2) is 4.39 Å². The van der Waals surface area contributed by atoms with Crippen molar-refractivity contribution in [2.24, 2.45) is 5.41 Å². The van der Waals surface area contributed by atoms with Crippen molar-refractivity contribution in [3.8, 4) is 0 Å². The highest BCUT2D eigenvalue weighted by Crippen LogP contribution is 2.39. The summed E-state index contributed by atoms with van der Waals surface area (Å²) < 4.78 is 14.0. The van der Waals surface area contributed by atoms with Gasteiger partial charge in [-0.1, -0.05) is 12.1 Å². The molecule has 3 aliphatic rings. The summed E-state index contributed by atoms with van der Waals surface area (Å²) in [6, 6.07) is 7.45. The Morgan fingerprint density at radius 1 is 1.19 bits per heavy atom. The average Bonchev–Trinajstić information content (AvgIpc) is 2.68. The third kappa shape index (κ3) is 3.09. The third-order valence-electron chi connectivity index (χ3n) is 6.65. The van der Waals surface area contributed by atoms with E-state index in [0.717, 1.165) is 58.3 Å². The smallest absolute Gasteiger partial charge is 0.312 e.